The SMILES string of the molecule is CCOc1ccc(-c2nc(C)no2)cc1Cl. The van der Waals surface area contributed by atoms with Crippen molar-refractivity contribution in [1.82, 2.24) is 10.1 Å². The molecule has 0 aliphatic heterocycles. The van der Waals surface area contributed by atoms with Gasteiger partial charge in [0, 0.05) is 5.56 Å². The normalized spacial score (nSPS) is 10.4. The Morgan fingerprint density at radius 1 is 1.44 bits per heavy atom. The minimum absolute atomic E-state index is 0.461. The fourth-order valence-electron chi connectivity index (χ4n) is 1.32. The lowest BCUT2D eigenvalue weighted by Crippen LogP contribution is -1.92. The van der Waals surface area contributed by atoms with E-state index in [0.29, 0.717) is 29.1 Å². The van der Waals surface area contributed by atoms with Gasteiger partial charge in [-0.2, -0.15) is 4.98 Å². The van der Waals surface area contributed by atoms with Crippen molar-refractivity contribution in [1.29, 1.82) is 0 Å². The fourth-order valence-corrected chi connectivity index (χ4v) is 1.56. The van der Waals surface area contributed by atoms with Crippen LogP contribution in [0, 0.1) is 6.92 Å². The third-order valence-corrected chi connectivity index (χ3v) is 2.30. The molecule has 4 nitrogen and oxygen atoms in total. The molecule has 0 aliphatic rings. The van der Waals surface area contributed by atoms with E-state index in [0.717, 1.165) is 5.56 Å². The van der Waals surface area contributed by atoms with Crippen LogP contribution in [0.4, 0.5) is 0 Å². The van der Waals surface area contributed by atoms with Gasteiger partial charge in [-0.25, -0.2) is 0 Å². The third kappa shape index (κ3) is 2.17. The summed E-state index contributed by atoms with van der Waals surface area (Å²) in [6.07, 6.45) is 0. The zero-order chi connectivity index (χ0) is 11.5. The maximum atomic E-state index is 6.05. The molecule has 0 spiro atoms. The van der Waals surface area contributed by atoms with E-state index in [4.69, 9.17) is 20.9 Å². The molecule has 0 unspecified atom stereocenters. The molecule has 0 aliphatic carbocycles. The van der Waals surface area contributed by atoms with Gasteiger partial charge in [-0.05, 0) is 32.0 Å². The van der Waals surface area contributed by atoms with E-state index >= 15 is 0 Å². The maximum absolute atomic E-state index is 6.05. The van der Waals surface area contributed by atoms with Gasteiger partial charge in [0.2, 0.25) is 0 Å². The first-order valence-electron chi connectivity index (χ1n) is 4.93. The van der Waals surface area contributed by atoms with Crippen molar-refractivity contribution in [2.24, 2.45) is 0 Å². The summed E-state index contributed by atoms with van der Waals surface area (Å²) >= 11 is 6.05. The number of halogens is 1. The van der Waals surface area contributed by atoms with Gasteiger partial charge in [-0.15, -0.1) is 0 Å². The first kappa shape index (κ1) is 11.0. The number of benzene rings is 1. The summed E-state index contributed by atoms with van der Waals surface area (Å²) in [7, 11) is 0. The largest absolute Gasteiger partial charge is 0.492 e. The predicted molar refractivity (Wildman–Crippen MR) is 60.7 cm³/mol. The van der Waals surface area contributed by atoms with Crippen LogP contribution in [-0.2, 0) is 0 Å². The van der Waals surface area contributed by atoms with Crippen LogP contribution in [0.5, 0.6) is 5.75 Å². The second-order valence-electron chi connectivity index (χ2n) is 3.22. The van der Waals surface area contributed by atoms with Gasteiger partial charge in [-0.3, -0.25) is 0 Å². The molecule has 84 valence electrons. The first-order chi connectivity index (χ1) is 7.70. The van der Waals surface area contributed by atoms with Crippen LogP contribution in [-0.4, -0.2) is 16.7 Å². The van der Waals surface area contributed by atoms with Crippen molar-refractivity contribution >= 4 is 11.6 Å². The van der Waals surface area contributed by atoms with Crippen molar-refractivity contribution < 1.29 is 9.26 Å². The molecule has 2 rings (SSSR count). The van der Waals surface area contributed by atoms with E-state index in [9.17, 15) is 0 Å². The molecule has 16 heavy (non-hydrogen) atoms. The van der Waals surface area contributed by atoms with E-state index in [2.05, 4.69) is 10.1 Å². The van der Waals surface area contributed by atoms with Crippen molar-refractivity contribution in [2.75, 3.05) is 6.61 Å². The van der Waals surface area contributed by atoms with Crippen molar-refractivity contribution in [2.45, 2.75) is 13.8 Å². The third-order valence-electron chi connectivity index (χ3n) is 2.01. The molecule has 0 N–H and O–H groups in total. The highest BCUT2D eigenvalue weighted by molar-refractivity contribution is 6.32. The summed E-state index contributed by atoms with van der Waals surface area (Å²) in [5.41, 5.74) is 0.786. The van der Waals surface area contributed by atoms with Crippen LogP contribution < -0.4 is 4.74 Å². The topological polar surface area (TPSA) is 48.2 Å². The second kappa shape index (κ2) is 4.53. The summed E-state index contributed by atoms with van der Waals surface area (Å²) in [5.74, 6) is 1.71. The number of aryl methyl sites for hydroxylation is 1. The van der Waals surface area contributed by atoms with Crippen LogP contribution in [0.25, 0.3) is 11.5 Å². The monoisotopic (exact) mass is 238 g/mol. The molecule has 1 aromatic heterocycles. The molecule has 1 aromatic carbocycles. The van der Waals surface area contributed by atoms with Crippen LogP contribution in [0.3, 0.4) is 0 Å². The van der Waals surface area contributed by atoms with Crippen molar-refractivity contribution in [3.05, 3.63) is 29.0 Å². The second-order valence-corrected chi connectivity index (χ2v) is 3.63. The van der Waals surface area contributed by atoms with Crippen LogP contribution in [0.15, 0.2) is 22.7 Å². The zero-order valence-corrected chi connectivity index (χ0v) is 9.78. The Labute approximate surface area is 98.2 Å². The van der Waals surface area contributed by atoms with Gasteiger partial charge < -0.3 is 9.26 Å². The van der Waals surface area contributed by atoms with E-state index < -0.39 is 0 Å². The summed E-state index contributed by atoms with van der Waals surface area (Å²) in [4.78, 5) is 4.12. The molecule has 1 heterocycles. The number of ether oxygens (including phenoxy) is 1. The Morgan fingerprint density at radius 3 is 2.81 bits per heavy atom. The highest BCUT2D eigenvalue weighted by Gasteiger charge is 2.09. The summed E-state index contributed by atoms with van der Waals surface area (Å²) in [6.45, 7) is 4.26. The van der Waals surface area contributed by atoms with Crippen molar-refractivity contribution in [3.8, 4) is 17.2 Å². The van der Waals surface area contributed by atoms with Gasteiger partial charge in [0.1, 0.15) is 5.75 Å². The van der Waals surface area contributed by atoms with Crippen molar-refractivity contribution in [3.63, 3.8) is 0 Å². The highest BCUT2D eigenvalue weighted by atomic mass is 35.5. The molecule has 0 amide bonds. The molecule has 0 saturated carbocycles. The number of rotatable bonds is 3. The van der Waals surface area contributed by atoms with Gasteiger partial charge in [-0.1, -0.05) is 16.8 Å². The van der Waals surface area contributed by atoms with Crippen LogP contribution >= 0.6 is 11.6 Å². The summed E-state index contributed by atoms with van der Waals surface area (Å²) < 4.78 is 10.4. The smallest absolute Gasteiger partial charge is 0.257 e. The lowest BCUT2D eigenvalue weighted by atomic mass is 10.2. The van der Waals surface area contributed by atoms with Gasteiger partial charge in [0.15, 0.2) is 5.82 Å². The van der Waals surface area contributed by atoms with E-state index in [1.165, 1.54) is 0 Å². The molecule has 0 atom stereocenters. The molecule has 2 aromatic rings. The minimum atomic E-state index is 0.461. The maximum Gasteiger partial charge on any atom is 0.257 e. The predicted octanol–water partition coefficient (Wildman–Crippen LogP) is 3.10. The Kier molecular flexibility index (Phi) is 3.10. The Balaban J connectivity index is 2.34. The van der Waals surface area contributed by atoms with E-state index in [-0.39, 0.29) is 0 Å². The van der Waals surface area contributed by atoms with E-state index in [1.807, 2.05) is 13.0 Å². The zero-order valence-electron chi connectivity index (χ0n) is 9.03. The molecular formula is C11H11ClN2O2. The van der Waals surface area contributed by atoms with Gasteiger partial charge in [0.05, 0.1) is 11.6 Å². The quantitative estimate of drug-likeness (QED) is 0.825. The number of aromatic nitrogens is 2. The number of hydrogen-bond acceptors (Lipinski definition) is 4. The van der Waals surface area contributed by atoms with Crippen LogP contribution in [0.2, 0.25) is 5.02 Å². The average molecular weight is 239 g/mol. The molecule has 0 saturated heterocycles. The summed E-state index contributed by atoms with van der Waals surface area (Å²) in [6, 6.07) is 5.38. The van der Waals surface area contributed by atoms with E-state index in [1.54, 1.807) is 19.1 Å². The molecule has 0 fully saturated rings. The van der Waals surface area contributed by atoms with Crippen LogP contribution in [0.1, 0.15) is 12.7 Å². The summed E-state index contributed by atoms with van der Waals surface area (Å²) in [5, 5.41) is 4.26. The number of hydrogen-bond donors (Lipinski definition) is 0. The lowest BCUT2D eigenvalue weighted by molar-refractivity contribution is 0.340. The Bertz CT molecular complexity index is 496. The number of nitrogens with zero attached hydrogens (tertiary/aromatic N) is 2. The molecule has 0 radical (unpaired) electrons. The Morgan fingerprint density at radius 2 is 2.25 bits per heavy atom. The molecule has 0 bridgehead atoms. The van der Waals surface area contributed by atoms with Gasteiger partial charge in [0.25, 0.3) is 5.89 Å². The Hall–Kier alpha value is -1.55. The highest BCUT2D eigenvalue weighted by Crippen LogP contribution is 2.29. The fraction of sp³-hybridized carbons (Fsp3) is 0.273. The molecule has 5 heteroatoms. The first-order valence-corrected chi connectivity index (χ1v) is 5.31. The molecular weight excluding hydrogens is 228 g/mol. The van der Waals surface area contributed by atoms with Gasteiger partial charge >= 0.3 is 0 Å². The standard InChI is InChI=1S/C11H11ClN2O2/c1-3-15-10-5-4-8(6-9(10)12)11-13-7(2)14-16-11/h4-6H,3H2,1-2H3. The minimum Gasteiger partial charge on any atom is -0.492 e. The lowest BCUT2D eigenvalue weighted by Gasteiger charge is -2.05. The average Bonchev–Trinajstić information content (AvgIpc) is 2.68.